The third-order valence-electron chi connectivity index (χ3n) is 5.50. The van der Waals surface area contributed by atoms with Crippen molar-refractivity contribution in [1.29, 1.82) is 0 Å². The maximum Gasteiger partial charge on any atom is 0.132 e. The summed E-state index contributed by atoms with van der Waals surface area (Å²) in [5.74, 6) is 1.51. The number of morpholine rings is 1. The van der Waals surface area contributed by atoms with Crippen molar-refractivity contribution in [2.75, 3.05) is 31.2 Å². The molecule has 0 radical (unpaired) electrons. The van der Waals surface area contributed by atoms with Gasteiger partial charge in [-0.05, 0) is 33.1 Å². The number of hydrogen-bond donors (Lipinski definition) is 2. The number of fused-ring (bicyclic) bond motifs is 1. The number of rotatable bonds is 4. The van der Waals surface area contributed by atoms with Gasteiger partial charge in [0.15, 0.2) is 0 Å². The monoisotopic (exact) mass is 347 g/mol. The predicted molar refractivity (Wildman–Crippen MR) is 95.2 cm³/mol. The van der Waals surface area contributed by atoms with Gasteiger partial charge in [-0.1, -0.05) is 0 Å². The molecule has 2 aliphatic heterocycles. The van der Waals surface area contributed by atoms with Crippen LogP contribution in [0.15, 0.2) is 12.4 Å². The molecule has 1 saturated carbocycles. The van der Waals surface area contributed by atoms with Gasteiger partial charge >= 0.3 is 0 Å². The van der Waals surface area contributed by atoms with Gasteiger partial charge in [0.2, 0.25) is 0 Å². The molecule has 2 N–H and O–H groups in total. The van der Waals surface area contributed by atoms with Crippen molar-refractivity contribution >= 4 is 5.82 Å². The molecule has 4 rings (SSSR count). The fraction of sp³-hybridized carbons (Fsp3) is 0.778. The lowest BCUT2D eigenvalue weighted by Crippen LogP contribution is -2.38. The zero-order chi connectivity index (χ0) is 17.2. The third-order valence-corrected chi connectivity index (χ3v) is 5.50. The summed E-state index contributed by atoms with van der Waals surface area (Å²) in [6, 6.07) is 2.85. The van der Waals surface area contributed by atoms with Gasteiger partial charge < -0.3 is 14.4 Å². The van der Waals surface area contributed by atoms with Crippen LogP contribution in [0.2, 0.25) is 0 Å². The van der Waals surface area contributed by atoms with E-state index in [1.165, 1.54) is 0 Å². The van der Waals surface area contributed by atoms with Gasteiger partial charge in [0.1, 0.15) is 12.1 Å². The number of hydrazine groups is 1. The second-order valence-corrected chi connectivity index (χ2v) is 7.56. The Balaban J connectivity index is 1.49. The molecule has 7 heteroatoms. The van der Waals surface area contributed by atoms with E-state index in [-0.39, 0.29) is 12.1 Å². The molecule has 1 aliphatic carbocycles. The molecule has 7 nitrogen and oxygen atoms in total. The van der Waals surface area contributed by atoms with Gasteiger partial charge in [0.05, 0.1) is 37.2 Å². The number of ether oxygens (including phenoxy) is 2. The van der Waals surface area contributed by atoms with Crippen LogP contribution >= 0.6 is 0 Å². The molecule has 1 aromatic heterocycles. The van der Waals surface area contributed by atoms with Crippen molar-refractivity contribution in [3.05, 3.63) is 18.1 Å². The summed E-state index contributed by atoms with van der Waals surface area (Å²) in [7, 11) is 0. The molecule has 0 spiro atoms. The van der Waals surface area contributed by atoms with Gasteiger partial charge in [-0.3, -0.25) is 5.43 Å². The summed E-state index contributed by atoms with van der Waals surface area (Å²) in [5.41, 5.74) is 8.03. The van der Waals surface area contributed by atoms with E-state index in [1.54, 1.807) is 6.33 Å². The molecule has 0 aromatic carbocycles. The largest absolute Gasteiger partial charge is 0.378 e. The van der Waals surface area contributed by atoms with Crippen molar-refractivity contribution in [3.63, 3.8) is 0 Å². The zero-order valence-corrected chi connectivity index (χ0v) is 15.1. The van der Waals surface area contributed by atoms with Gasteiger partial charge in [-0.25, -0.2) is 15.4 Å². The fourth-order valence-corrected chi connectivity index (χ4v) is 4.32. The maximum absolute atomic E-state index is 6.09. The number of aromatic nitrogens is 2. The van der Waals surface area contributed by atoms with Gasteiger partial charge in [0, 0.05) is 31.1 Å². The number of hydrogen-bond acceptors (Lipinski definition) is 7. The molecule has 4 atom stereocenters. The Bertz CT molecular complexity index is 578. The number of nitrogens with one attached hydrogen (secondary N) is 2. The van der Waals surface area contributed by atoms with Crippen molar-refractivity contribution in [2.24, 2.45) is 5.92 Å². The highest BCUT2D eigenvalue weighted by Gasteiger charge is 2.42. The van der Waals surface area contributed by atoms with Crippen molar-refractivity contribution < 1.29 is 9.47 Å². The van der Waals surface area contributed by atoms with Gasteiger partial charge in [-0.15, -0.1) is 0 Å². The first-order valence-corrected chi connectivity index (χ1v) is 9.52. The SMILES string of the molecule is CC(C)OC1CCC2NNC(c3cc(N4CCOCC4)ncn3)C2C1. The van der Waals surface area contributed by atoms with E-state index in [1.807, 2.05) is 0 Å². The Hall–Kier alpha value is -1.28. The van der Waals surface area contributed by atoms with E-state index in [4.69, 9.17) is 9.47 Å². The zero-order valence-electron chi connectivity index (χ0n) is 15.1. The van der Waals surface area contributed by atoms with E-state index in [9.17, 15) is 0 Å². The molecule has 1 aromatic rings. The summed E-state index contributed by atoms with van der Waals surface area (Å²) < 4.78 is 11.5. The van der Waals surface area contributed by atoms with E-state index in [0.717, 1.165) is 57.1 Å². The van der Waals surface area contributed by atoms with Gasteiger partial charge in [-0.2, -0.15) is 0 Å². The van der Waals surface area contributed by atoms with Crippen LogP contribution in [0.25, 0.3) is 0 Å². The van der Waals surface area contributed by atoms with E-state index >= 15 is 0 Å². The molecule has 0 bridgehead atoms. The Morgan fingerprint density at radius 3 is 2.84 bits per heavy atom. The van der Waals surface area contributed by atoms with Crippen LogP contribution in [0.3, 0.4) is 0 Å². The number of nitrogens with zero attached hydrogens (tertiary/aromatic N) is 3. The Morgan fingerprint density at radius 2 is 2.04 bits per heavy atom. The average molecular weight is 347 g/mol. The minimum absolute atomic E-state index is 0.214. The highest BCUT2D eigenvalue weighted by Crippen LogP contribution is 2.39. The highest BCUT2D eigenvalue weighted by molar-refractivity contribution is 5.40. The van der Waals surface area contributed by atoms with Crippen molar-refractivity contribution in [1.82, 2.24) is 20.8 Å². The molecule has 2 saturated heterocycles. The molecule has 3 aliphatic rings. The van der Waals surface area contributed by atoms with E-state index in [2.05, 4.69) is 45.6 Å². The lowest BCUT2D eigenvalue weighted by Gasteiger charge is -2.34. The first-order chi connectivity index (χ1) is 12.2. The number of anilines is 1. The van der Waals surface area contributed by atoms with Crippen LogP contribution in [-0.2, 0) is 9.47 Å². The van der Waals surface area contributed by atoms with Crippen LogP contribution in [0.1, 0.15) is 44.8 Å². The lowest BCUT2D eigenvalue weighted by atomic mass is 9.79. The third kappa shape index (κ3) is 3.79. The Morgan fingerprint density at radius 1 is 1.20 bits per heavy atom. The fourth-order valence-electron chi connectivity index (χ4n) is 4.32. The molecule has 0 amide bonds. The maximum atomic E-state index is 6.09. The second kappa shape index (κ2) is 7.53. The van der Waals surface area contributed by atoms with Crippen LogP contribution in [0.5, 0.6) is 0 Å². The molecular formula is C18H29N5O2. The first-order valence-electron chi connectivity index (χ1n) is 9.52. The molecule has 3 fully saturated rings. The summed E-state index contributed by atoms with van der Waals surface area (Å²) in [6.07, 6.45) is 5.68. The van der Waals surface area contributed by atoms with Crippen molar-refractivity contribution in [3.8, 4) is 0 Å². The van der Waals surface area contributed by atoms with E-state index in [0.29, 0.717) is 18.1 Å². The smallest absolute Gasteiger partial charge is 0.132 e. The summed E-state index contributed by atoms with van der Waals surface area (Å²) in [4.78, 5) is 11.3. The Kier molecular flexibility index (Phi) is 5.17. The normalized spacial score (nSPS) is 32.8. The molecule has 3 heterocycles. The minimum Gasteiger partial charge on any atom is -0.378 e. The standard InChI is InChI=1S/C18H29N5O2/c1-12(2)25-13-3-4-15-14(9-13)18(22-21-15)16-10-17(20-11-19-16)23-5-7-24-8-6-23/h10-15,18,21-22H,3-9H2,1-2H3. The topological polar surface area (TPSA) is 71.5 Å². The van der Waals surface area contributed by atoms with Crippen LogP contribution in [0.4, 0.5) is 5.82 Å². The molecule has 4 unspecified atom stereocenters. The Labute approximate surface area is 149 Å². The molecule has 25 heavy (non-hydrogen) atoms. The first kappa shape index (κ1) is 17.1. The molecule has 138 valence electrons. The quantitative estimate of drug-likeness (QED) is 0.853. The summed E-state index contributed by atoms with van der Waals surface area (Å²) in [5, 5.41) is 0. The van der Waals surface area contributed by atoms with Gasteiger partial charge in [0.25, 0.3) is 0 Å². The highest BCUT2D eigenvalue weighted by atomic mass is 16.5. The van der Waals surface area contributed by atoms with E-state index < -0.39 is 0 Å². The summed E-state index contributed by atoms with van der Waals surface area (Å²) in [6.45, 7) is 7.55. The van der Waals surface area contributed by atoms with Crippen LogP contribution in [0, 0.1) is 5.92 Å². The minimum atomic E-state index is 0.214. The lowest BCUT2D eigenvalue weighted by molar-refractivity contribution is -0.0276. The van der Waals surface area contributed by atoms with Crippen LogP contribution < -0.4 is 15.8 Å². The second-order valence-electron chi connectivity index (χ2n) is 7.56. The van der Waals surface area contributed by atoms with Crippen molar-refractivity contribution in [2.45, 2.75) is 57.4 Å². The van der Waals surface area contributed by atoms with Crippen LogP contribution in [-0.4, -0.2) is 54.5 Å². The molecular weight excluding hydrogens is 318 g/mol. The average Bonchev–Trinajstić information content (AvgIpc) is 3.05. The predicted octanol–water partition coefficient (Wildman–Crippen LogP) is 1.42. The summed E-state index contributed by atoms with van der Waals surface area (Å²) >= 11 is 0.